The summed E-state index contributed by atoms with van der Waals surface area (Å²) in [5, 5.41) is 16.6. The predicted octanol–water partition coefficient (Wildman–Crippen LogP) is -0.537. The topological polar surface area (TPSA) is 109 Å². The number of carbonyl (C=O) groups is 2. The standard InChI is InChI=1S/C6H8F2O4.CO2/c1-3(9)6(7,8)4(10)2-5(11)12;2-1-3/h4,10H,2H2,1H3,(H,11,12);. The lowest BCUT2D eigenvalue weighted by Crippen LogP contribution is -2.41. The van der Waals surface area contributed by atoms with Crippen molar-refractivity contribution in [1.82, 2.24) is 0 Å². The zero-order valence-corrected chi connectivity index (χ0v) is 7.57. The minimum absolute atomic E-state index is 0.250. The molecule has 0 fully saturated rings. The number of carboxylic acids is 1. The lowest BCUT2D eigenvalue weighted by molar-refractivity contribution is -0.191. The van der Waals surface area contributed by atoms with Crippen LogP contribution in [-0.4, -0.2) is 40.1 Å². The van der Waals surface area contributed by atoms with Crippen molar-refractivity contribution in [2.24, 2.45) is 0 Å². The van der Waals surface area contributed by atoms with E-state index in [9.17, 15) is 18.4 Å². The van der Waals surface area contributed by atoms with Gasteiger partial charge in [0.15, 0.2) is 0 Å². The van der Waals surface area contributed by atoms with Crippen molar-refractivity contribution in [2.45, 2.75) is 25.4 Å². The highest BCUT2D eigenvalue weighted by atomic mass is 19.3. The highest BCUT2D eigenvalue weighted by Crippen LogP contribution is 2.21. The molecule has 86 valence electrons. The molecule has 1 unspecified atom stereocenters. The molecule has 0 bridgehead atoms. The molecular formula is C7H8F2O6. The first-order valence-corrected chi connectivity index (χ1v) is 3.48. The molecule has 6 nitrogen and oxygen atoms in total. The van der Waals surface area contributed by atoms with E-state index in [2.05, 4.69) is 0 Å². The molecule has 0 aromatic heterocycles. The third kappa shape index (κ3) is 6.42. The molecule has 1 atom stereocenters. The van der Waals surface area contributed by atoms with Crippen LogP contribution in [0.15, 0.2) is 0 Å². The maximum absolute atomic E-state index is 12.4. The summed E-state index contributed by atoms with van der Waals surface area (Å²) in [7, 11) is 0. The van der Waals surface area contributed by atoms with Gasteiger partial charge < -0.3 is 10.2 Å². The van der Waals surface area contributed by atoms with E-state index in [-0.39, 0.29) is 6.15 Å². The van der Waals surface area contributed by atoms with Crippen LogP contribution in [0, 0.1) is 0 Å². The van der Waals surface area contributed by atoms with Gasteiger partial charge in [-0.3, -0.25) is 9.59 Å². The largest absolute Gasteiger partial charge is 0.481 e. The van der Waals surface area contributed by atoms with E-state index < -0.39 is 30.2 Å². The molecule has 0 rings (SSSR count). The number of aliphatic hydroxyl groups is 1. The minimum atomic E-state index is -3.97. The van der Waals surface area contributed by atoms with Crippen LogP contribution in [0.5, 0.6) is 0 Å². The van der Waals surface area contributed by atoms with Gasteiger partial charge in [-0.1, -0.05) is 0 Å². The van der Waals surface area contributed by atoms with Crippen molar-refractivity contribution in [3.05, 3.63) is 0 Å². The number of aliphatic hydroxyl groups excluding tert-OH is 1. The maximum Gasteiger partial charge on any atom is 0.373 e. The van der Waals surface area contributed by atoms with Gasteiger partial charge in [-0.2, -0.15) is 18.4 Å². The SMILES string of the molecule is CC(=O)C(F)(F)C(O)CC(=O)O.O=C=O. The summed E-state index contributed by atoms with van der Waals surface area (Å²) in [4.78, 5) is 36.3. The summed E-state index contributed by atoms with van der Waals surface area (Å²) in [6, 6.07) is 0. The molecule has 0 saturated heterocycles. The number of ketones is 1. The Balaban J connectivity index is 0. The van der Waals surface area contributed by atoms with Crippen molar-refractivity contribution in [1.29, 1.82) is 0 Å². The molecule has 0 amide bonds. The van der Waals surface area contributed by atoms with Crippen molar-refractivity contribution in [3.63, 3.8) is 0 Å². The maximum atomic E-state index is 12.4. The highest BCUT2D eigenvalue weighted by Gasteiger charge is 2.44. The fraction of sp³-hybridized carbons (Fsp3) is 0.571. The Morgan fingerprint density at radius 1 is 1.40 bits per heavy atom. The van der Waals surface area contributed by atoms with Crippen molar-refractivity contribution >= 4 is 17.9 Å². The van der Waals surface area contributed by atoms with E-state index in [4.69, 9.17) is 19.8 Å². The molecule has 0 heterocycles. The molecule has 0 aromatic rings. The smallest absolute Gasteiger partial charge is 0.373 e. The number of carboxylic acid groups (broad SMARTS) is 1. The molecule has 0 aliphatic rings. The molecule has 0 radical (unpaired) electrons. The van der Waals surface area contributed by atoms with E-state index in [0.717, 1.165) is 0 Å². The molecule has 2 N–H and O–H groups in total. The first-order chi connectivity index (χ1) is 6.69. The Kier molecular flexibility index (Phi) is 7.10. The lowest BCUT2D eigenvalue weighted by atomic mass is 10.1. The number of halogens is 2. The number of aliphatic carboxylic acids is 1. The Hall–Kier alpha value is -1.66. The fourth-order valence-corrected chi connectivity index (χ4v) is 0.528. The summed E-state index contributed by atoms with van der Waals surface area (Å²) in [5.41, 5.74) is 0. The van der Waals surface area contributed by atoms with Gasteiger partial charge in [0.1, 0.15) is 6.10 Å². The van der Waals surface area contributed by atoms with Crippen LogP contribution in [0.1, 0.15) is 13.3 Å². The Bertz CT molecular complexity index is 269. The second-order valence-corrected chi connectivity index (χ2v) is 2.38. The number of alkyl halides is 2. The third-order valence-electron chi connectivity index (χ3n) is 1.26. The van der Waals surface area contributed by atoms with Gasteiger partial charge in [-0.15, -0.1) is 0 Å². The van der Waals surface area contributed by atoms with Crippen LogP contribution in [0.4, 0.5) is 8.78 Å². The van der Waals surface area contributed by atoms with Crippen LogP contribution >= 0.6 is 0 Å². The predicted molar refractivity (Wildman–Crippen MR) is 38.9 cm³/mol. The van der Waals surface area contributed by atoms with Crippen molar-refractivity contribution in [3.8, 4) is 0 Å². The Morgan fingerprint density at radius 2 is 1.73 bits per heavy atom. The van der Waals surface area contributed by atoms with Gasteiger partial charge in [0.2, 0.25) is 5.78 Å². The number of carbonyl (C=O) groups excluding carboxylic acids is 3. The molecule has 0 aromatic carbocycles. The van der Waals surface area contributed by atoms with Gasteiger partial charge in [-0.05, 0) is 0 Å². The second kappa shape index (κ2) is 6.74. The van der Waals surface area contributed by atoms with Gasteiger partial charge in [0, 0.05) is 6.92 Å². The van der Waals surface area contributed by atoms with Gasteiger partial charge in [-0.25, -0.2) is 0 Å². The summed E-state index contributed by atoms with van der Waals surface area (Å²) in [5.74, 6) is -7.10. The number of rotatable bonds is 4. The summed E-state index contributed by atoms with van der Waals surface area (Å²) in [6.45, 7) is 0.588. The first-order valence-electron chi connectivity index (χ1n) is 3.48. The molecule has 0 aliphatic heterocycles. The molecular weight excluding hydrogens is 218 g/mol. The molecule has 0 spiro atoms. The zero-order valence-electron chi connectivity index (χ0n) is 7.57. The van der Waals surface area contributed by atoms with E-state index in [1.165, 1.54) is 0 Å². The zero-order chi connectivity index (χ0) is 12.6. The first kappa shape index (κ1) is 15.8. The van der Waals surface area contributed by atoms with Crippen molar-refractivity contribution in [2.75, 3.05) is 0 Å². The average Bonchev–Trinajstić information content (AvgIpc) is 2.03. The number of hydrogen-bond acceptors (Lipinski definition) is 5. The van der Waals surface area contributed by atoms with E-state index in [1.54, 1.807) is 0 Å². The van der Waals surface area contributed by atoms with E-state index in [0.29, 0.717) is 6.92 Å². The van der Waals surface area contributed by atoms with Crippen LogP contribution in [0.3, 0.4) is 0 Å². The fourth-order valence-electron chi connectivity index (χ4n) is 0.528. The Labute approximate surface area is 82.5 Å². The Morgan fingerprint density at radius 3 is 1.93 bits per heavy atom. The molecule has 15 heavy (non-hydrogen) atoms. The van der Waals surface area contributed by atoms with Crippen LogP contribution in [0.2, 0.25) is 0 Å². The van der Waals surface area contributed by atoms with Gasteiger partial charge >= 0.3 is 18.0 Å². The summed E-state index contributed by atoms with van der Waals surface area (Å²) >= 11 is 0. The van der Waals surface area contributed by atoms with Crippen LogP contribution in [0.25, 0.3) is 0 Å². The molecule has 0 saturated carbocycles. The number of hydrogen-bond donors (Lipinski definition) is 2. The van der Waals surface area contributed by atoms with Gasteiger partial charge in [0.25, 0.3) is 0 Å². The lowest BCUT2D eigenvalue weighted by Gasteiger charge is -2.17. The minimum Gasteiger partial charge on any atom is -0.481 e. The normalized spacial score (nSPS) is 11.7. The second-order valence-electron chi connectivity index (χ2n) is 2.38. The summed E-state index contributed by atoms with van der Waals surface area (Å²) in [6.07, 6.45) is -3.35. The number of Topliss-reactive ketones (excluding diaryl/α,β-unsaturated/α-hetero) is 1. The quantitative estimate of drug-likeness (QED) is 0.666. The average molecular weight is 226 g/mol. The van der Waals surface area contributed by atoms with E-state index in [1.807, 2.05) is 0 Å². The third-order valence-corrected chi connectivity index (χ3v) is 1.26. The summed E-state index contributed by atoms with van der Waals surface area (Å²) < 4.78 is 24.9. The molecule has 0 aliphatic carbocycles. The van der Waals surface area contributed by atoms with Crippen LogP contribution in [-0.2, 0) is 19.2 Å². The monoisotopic (exact) mass is 226 g/mol. The highest BCUT2D eigenvalue weighted by molar-refractivity contribution is 5.84. The van der Waals surface area contributed by atoms with Gasteiger partial charge in [0.05, 0.1) is 6.42 Å². The van der Waals surface area contributed by atoms with Crippen LogP contribution < -0.4 is 0 Å². The molecule has 8 heteroatoms. The van der Waals surface area contributed by atoms with Crippen molar-refractivity contribution < 1.29 is 38.2 Å². The van der Waals surface area contributed by atoms with E-state index >= 15 is 0 Å².